The summed E-state index contributed by atoms with van der Waals surface area (Å²) in [5, 5.41) is 3.88. The van der Waals surface area contributed by atoms with Crippen LogP contribution in [0.25, 0.3) is 10.9 Å². The number of nitrogens with one attached hydrogen (secondary N) is 2. The molecule has 0 atom stereocenters. The van der Waals surface area contributed by atoms with Crippen LogP contribution in [0.3, 0.4) is 0 Å². The second kappa shape index (κ2) is 4.41. The summed E-state index contributed by atoms with van der Waals surface area (Å²) in [4.78, 5) is 15.0. The molecular weight excluding hydrogens is 228 g/mol. The monoisotopic (exact) mass is 240 g/mol. The van der Waals surface area contributed by atoms with Crippen LogP contribution in [0.15, 0.2) is 53.5 Å². The summed E-state index contributed by atoms with van der Waals surface area (Å²) >= 11 is 0. The first kappa shape index (κ1) is 10.7. The van der Waals surface area contributed by atoms with Gasteiger partial charge < -0.3 is 14.7 Å². The number of fused-ring (bicyclic) bond motifs is 1. The van der Waals surface area contributed by atoms with Gasteiger partial charge in [-0.3, -0.25) is 4.79 Å². The SMILES string of the molecule is O=C(NCc1ccoc1)c1ccc2[nH]ccc2c1. The third-order valence-electron chi connectivity index (χ3n) is 2.85. The quantitative estimate of drug-likeness (QED) is 0.739. The van der Waals surface area contributed by atoms with Crippen molar-refractivity contribution in [3.05, 3.63) is 60.2 Å². The summed E-state index contributed by atoms with van der Waals surface area (Å²) in [7, 11) is 0. The molecule has 0 radical (unpaired) electrons. The number of furan rings is 1. The van der Waals surface area contributed by atoms with E-state index in [0.29, 0.717) is 12.1 Å². The van der Waals surface area contributed by atoms with Gasteiger partial charge in [0.1, 0.15) is 0 Å². The Morgan fingerprint density at radius 3 is 3.06 bits per heavy atom. The van der Waals surface area contributed by atoms with Gasteiger partial charge in [0.25, 0.3) is 5.91 Å². The molecule has 2 aromatic heterocycles. The lowest BCUT2D eigenvalue weighted by Crippen LogP contribution is -2.22. The van der Waals surface area contributed by atoms with Gasteiger partial charge >= 0.3 is 0 Å². The molecule has 1 amide bonds. The summed E-state index contributed by atoms with van der Waals surface area (Å²) in [6, 6.07) is 9.36. The van der Waals surface area contributed by atoms with E-state index in [1.165, 1.54) is 0 Å². The molecular formula is C14H12N2O2. The minimum atomic E-state index is -0.0840. The highest BCUT2D eigenvalue weighted by Crippen LogP contribution is 2.14. The zero-order valence-electron chi connectivity index (χ0n) is 9.64. The highest BCUT2D eigenvalue weighted by atomic mass is 16.3. The van der Waals surface area contributed by atoms with Gasteiger partial charge in [-0.2, -0.15) is 0 Å². The maximum atomic E-state index is 12.0. The minimum Gasteiger partial charge on any atom is -0.472 e. The van der Waals surface area contributed by atoms with Gasteiger partial charge in [0, 0.05) is 34.8 Å². The first-order valence-corrected chi connectivity index (χ1v) is 5.69. The van der Waals surface area contributed by atoms with E-state index in [1.54, 1.807) is 12.5 Å². The van der Waals surface area contributed by atoms with E-state index in [-0.39, 0.29) is 5.91 Å². The van der Waals surface area contributed by atoms with Crippen molar-refractivity contribution in [1.29, 1.82) is 0 Å². The van der Waals surface area contributed by atoms with Crippen molar-refractivity contribution >= 4 is 16.8 Å². The fraction of sp³-hybridized carbons (Fsp3) is 0.0714. The molecule has 2 heterocycles. The van der Waals surface area contributed by atoms with Gasteiger partial charge in [-0.25, -0.2) is 0 Å². The molecule has 4 nitrogen and oxygen atoms in total. The number of hydrogen-bond acceptors (Lipinski definition) is 2. The van der Waals surface area contributed by atoms with Crippen molar-refractivity contribution in [2.45, 2.75) is 6.54 Å². The van der Waals surface area contributed by atoms with Crippen molar-refractivity contribution in [1.82, 2.24) is 10.3 Å². The second-order valence-corrected chi connectivity index (χ2v) is 4.09. The van der Waals surface area contributed by atoms with Gasteiger partial charge in [-0.15, -0.1) is 0 Å². The van der Waals surface area contributed by atoms with Gasteiger partial charge in [-0.1, -0.05) is 0 Å². The van der Waals surface area contributed by atoms with E-state index >= 15 is 0 Å². The van der Waals surface area contributed by atoms with Crippen LogP contribution >= 0.6 is 0 Å². The molecule has 0 saturated heterocycles. The Labute approximate surface area is 104 Å². The molecule has 90 valence electrons. The second-order valence-electron chi connectivity index (χ2n) is 4.09. The third-order valence-corrected chi connectivity index (χ3v) is 2.85. The lowest BCUT2D eigenvalue weighted by Gasteiger charge is -2.03. The Balaban J connectivity index is 1.75. The molecule has 1 aromatic carbocycles. The molecule has 0 aliphatic carbocycles. The van der Waals surface area contributed by atoms with Crippen LogP contribution < -0.4 is 5.32 Å². The van der Waals surface area contributed by atoms with Gasteiger partial charge in [0.15, 0.2) is 0 Å². The average Bonchev–Trinajstić information content (AvgIpc) is 3.05. The number of H-pyrrole nitrogens is 1. The van der Waals surface area contributed by atoms with Crippen molar-refractivity contribution in [3.8, 4) is 0 Å². The van der Waals surface area contributed by atoms with Crippen molar-refractivity contribution < 1.29 is 9.21 Å². The Morgan fingerprint density at radius 2 is 2.22 bits per heavy atom. The van der Waals surface area contributed by atoms with Gasteiger partial charge in [-0.05, 0) is 30.3 Å². The van der Waals surface area contributed by atoms with Crippen LogP contribution in [-0.4, -0.2) is 10.9 Å². The zero-order chi connectivity index (χ0) is 12.4. The van der Waals surface area contributed by atoms with Gasteiger partial charge in [0.05, 0.1) is 12.5 Å². The van der Waals surface area contributed by atoms with E-state index in [0.717, 1.165) is 16.5 Å². The highest BCUT2D eigenvalue weighted by Gasteiger charge is 2.06. The maximum absolute atomic E-state index is 12.0. The number of aromatic nitrogens is 1. The highest BCUT2D eigenvalue weighted by molar-refractivity contribution is 5.97. The predicted molar refractivity (Wildman–Crippen MR) is 68.2 cm³/mol. The number of benzene rings is 1. The van der Waals surface area contributed by atoms with E-state index < -0.39 is 0 Å². The first-order chi connectivity index (χ1) is 8.83. The van der Waals surface area contributed by atoms with E-state index in [9.17, 15) is 4.79 Å². The summed E-state index contributed by atoms with van der Waals surface area (Å²) in [6.45, 7) is 0.473. The zero-order valence-corrected chi connectivity index (χ0v) is 9.64. The van der Waals surface area contributed by atoms with Crippen LogP contribution in [0, 0.1) is 0 Å². The van der Waals surface area contributed by atoms with E-state index in [2.05, 4.69) is 10.3 Å². The molecule has 3 aromatic rings. The number of rotatable bonds is 3. The normalized spacial score (nSPS) is 10.7. The lowest BCUT2D eigenvalue weighted by atomic mass is 10.1. The third kappa shape index (κ3) is 2.00. The Hall–Kier alpha value is -2.49. The Kier molecular flexibility index (Phi) is 2.61. The minimum absolute atomic E-state index is 0.0840. The molecule has 4 heteroatoms. The topological polar surface area (TPSA) is 58.0 Å². The molecule has 18 heavy (non-hydrogen) atoms. The first-order valence-electron chi connectivity index (χ1n) is 5.69. The fourth-order valence-corrected chi connectivity index (χ4v) is 1.87. The Morgan fingerprint density at radius 1 is 1.28 bits per heavy atom. The largest absolute Gasteiger partial charge is 0.472 e. The van der Waals surface area contributed by atoms with Crippen LogP contribution in [0.4, 0.5) is 0 Å². The number of amides is 1. The van der Waals surface area contributed by atoms with Crippen molar-refractivity contribution in [2.75, 3.05) is 0 Å². The van der Waals surface area contributed by atoms with Crippen LogP contribution in [0.2, 0.25) is 0 Å². The number of hydrogen-bond donors (Lipinski definition) is 2. The van der Waals surface area contributed by atoms with Crippen LogP contribution in [0.5, 0.6) is 0 Å². The average molecular weight is 240 g/mol. The Bertz CT molecular complexity index is 668. The molecule has 0 unspecified atom stereocenters. The van der Waals surface area contributed by atoms with Crippen LogP contribution in [0.1, 0.15) is 15.9 Å². The summed E-state index contributed by atoms with van der Waals surface area (Å²) < 4.78 is 4.94. The number of carbonyl (C=O) groups excluding carboxylic acids is 1. The molecule has 3 rings (SSSR count). The predicted octanol–water partition coefficient (Wildman–Crippen LogP) is 2.69. The fourth-order valence-electron chi connectivity index (χ4n) is 1.87. The summed E-state index contributed by atoms with van der Waals surface area (Å²) in [5.74, 6) is -0.0840. The molecule has 0 saturated carbocycles. The van der Waals surface area contributed by atoms with E-state index in [4.69, 9.17) is 4.42 Å². The number of aromatic amines is 1. The molecule has 0 aliphatic rings. The standard InChI is InChI=1S/C14H12N2O2/c17-14(16-8-10-4-6-18-9-10)12-1-2-13-11(7-12)3-5-15-13/h1-7,9,15H,8H2,(H,16,17). The number of carbonyl (C=O) groups is 1. The van der Waals surface area contributed by atoms with Crippen molar-refractivity contribution in [3.63, 3.8) is 0 Å². The van der Waals surface area contributed by atoms with Crippen molar-refractivity contribution in [2.24, 2.45) is 0 Å². The van der Waals surface area contributed by atoms with Crippen LogP contribution in [-0.2, 0) is 6.54 Å². The molecule has 0 bridgehead atoms. The summed E-state index contributed by atoms with van der Waals surface area (Å²) in [5.41, 5.74) is 2.64. The molecule has 0 spiro atoms. The maximum Gasteiger partial charge on any atom is 0.251 e. The summed E-state index contributed by atoms with van der Waals surface area (Å²) in [6.07, 6.45) is 5.07. The molecule has 2 N–H and O–H groups in total. The molecule has 0 aliphatic heterocycles. The smallest absolute Gasteiger partial charge is 0.251 e. The van der Waals surface area contributed by atoms with Gasteiger partial charge in [0.2, 0.25) is 0 Å². The lowest BCUT2D eigenvalue weighted by molar-refractivity contribution is 0.0951. The molecule has 0 fully saturated rings. The van der Waals surface area contributed by atoms with E-state index in [1.807, 2.05) is 36.5 Å².